The minimum absolute atomic E-state index is 0.188. The number of thioether (sulfide) groups is 1. The largest absolute Gasteiger partial charge is 0.384 e. The van der Waals surface area contributed by atoms with Crippen molar-refractivity contribution >= 4 is 23.0 Å². The standard InChI is InChI=1S/C26H25NS.C12H10/c1-3-10-22(11-4-1)27-18-21-9-5-6-12-23(21)20-13-14-25-24(17-20)26(19-28-25)15-7-2-8-16-26;1-3-7-11(8-4-1)12-9-5-2-6-10-12/h1-8,10-15,17,21,27H,9,16,18-19H2;1-10H. The highest BCUT2D eigenvalue weighted by molar-refractivity contribution is 7.99. The Morgan fingerprint density at radius 1 is 0.700 bits per heavy atom. The van der Waals surface area contributed by atoms with Gasteiger partial charge in [-0.25, -0.2) is 0 Å². The molecule has 0 bridgehead atoms. The number of nitrogens with one attached hydrogen (secondary N) is 1. The zero-order valence-electron chi connectivity index (χ0n) is 22.7. The molecule has 0 saturated heterocycles. The molecule has 4 aromatic carbocycles. The van der Waals surface area contributed by atoms with E-state index in [1.54, 1.807) is 0 Å². The first-order valence-corrected chi connectivity index (χ1v) is 15.2. The van der Waals surface area contributed by atoms with Crippen molar-refractivity contribution in [2.24, 2.45) is 5.92 Å². The first-order chi connectivity index (χ1) is 19.8. The summed E-state index contributed by atoms with van der Waals surface area (Å²) >= 11 is 2.01. The van der Waals surface area contributed by atoms with Crippen LogP contribution in [0.1, 0.15) is 24.0 Å². The summed E-state index contributed by atoms with van der Waals surface area (Å²) in [7, 11) is 0. The summed E-state index contributed by atoms with van der Waals surface area (Å²) in [6.07, 6.45) is 18.2. The molecule has 3 aliphatic rings. The average molecular weight is 538 g/mol. The van der Waals surface area contributed by atoms with Gasteiger partial charge in [0, 0.05) is 34.2 Å². The molecule has 1 spiro atoms. The number of allylic oxidation sites excluding steroid dienone is 7. The summed E-state index contributed by atoms with van der Waals surface area (Å²) in [4.78, 5) is 1.45. The monoisotopic (exact) mass is 537 g/mol. The van der Waals surface area contributed by atoms with Gasteiger partial charge in [0.1, 0.15) is 0 Å². The first-order valence-electron chi connectivity index (χ1n) is 14.2. The molecular formula is C38H35NS. The molecule has 4 aromatic rings. The van der Waals surface area contributed by atoms with Crippen molar-refractivity contribution in [2.45, 2.75) is 23.2 Å². The molecule has 1 N–H and O–H groups in total. The average Bonchev–Trinajstić information content (AvgIpc) is 3.38. The van der Waals surface area contributed by atoms with Gasteiger partial charge in [0.15, 0.2) is 0 Å². The second-order valence-corrected chi connectivity index (χ2v) is 11.6. The Morgan fingerprint density at radius 3 is 2.08 bits per heavy atom. The third kappa shape index (κ3) is 5.93. The van der Waals surface area contributed by atoms with Crippen LogP contribution in [0, 0.1) is 5.92 Å². The third-order valence-electron chi connectivity index (χ3n) is 7.96. The fraction of sp³-hybridized carbons (Fsp3) is 0.158. The summed E-state index contributed by atoms with van der Waals surface area (Å²) in [5.74, 6) is 1.65. The van der Waals surface area contributed by atoms with Crippen molar-refractivity contribution in [2.75, 3.05) is 17.6 Å². The molecule has 1 aliphatic heterocycles. The van der Waals surface area contributed by atoms with Crippen molar-refractivity contribution in [1.82, 2.24) is 0 Å². The van der Waals surface area contributed by atoms with E-state index >= 15 is 0 Å². The zero-order valence-corrected chi connectivity index (χ0v) is 23.6. The smallest absolute Gasteiger partial charge is 0.0340 e. The number of para-hydroxylation sites is 1. The van der Waals surface area contributed by atoms with E-state index in [-0.39, 0.29) is 5.41 Å². The van der Waals surface area contributed by atoms with Crippen molar-refractivity contribution in [3.05, 3.63) is 163 Å². The van der Waals surface area contributed by atoms with E-state index in [0.29, 0.717) is 5.92 Å². The van der Waals surface area contributed by atoms with Gasteiger partial charge in [-0.05, 0) is 64.9 Å². The number of hydrogen-bond donors (Lipinski definition) is 1. The highest BCUT2D eigenvalue weighted by Crippen LogP contribution is 2.49. The Balaban J connectivity index is 0.000000201. The van der Waals surface area contributed by atoms with Crippen LogP contribution in [0.15, 0.2) is 157 Å². The molecule has 2 heteroatoms. The lowest BCUT2D eigenvalue weighted by Gasteiger charge is -2.28. The van der Waals surface area contributed by atoms with E-state index in [2.05, 4.69) is 145 Å². The predicted molar refractivity (Wildman–Crippen MR) is 174 cm³/mol. The maximum absolute atomic E-state index is 3.62. The molecule has 0 amide bonds. The molecule has 40 heavy (non-hydrogen) atoms. The summed E-state index contributed by atoms with van der Waals surface area (Å²) in [5, 5.41) is 3.62. The highest BCUT2D eigenvalue weighted by Gasteiger charge is 2.37. The van der Waals surface area contributed by atoms with E-state index in [1.165, 1.54) is 38.4 Å². The number of benzene rings is 4. The quantitative estimate of drug-likeness (QED) is 0.272. The lowest BCUT2D eigenvalue weighted by Crippen LogP contribution is -2.24. The van der Waals surface area contributed by atoms with Gasteiger partial charge >= 0.3 is 0 Å². The molecule has 1 heterocycles. The highest BCUT2D eigenvalue weighted by atomic mass is 32.2. The van der Waals surface area contributed by atoms with Crippen LogP contribution >= 0.6 is 11.8 Å². The van der Waals surface area contributed by atoms with Crippen LogP contribution in [0.3, 0.4) is 0 Å². The van der Waals surface area contributed by atoms with Crippen LogP contribution in [-0.4, -0.2) is 12.3 Å². The number of rotatable bonds is 5. The van der Waals surface area contributed by atoms with E-state index in [4.69, 9.17) is 0 Å². The molecule has 2 aliphatic carbocycles. The fourth-order valence-corrected chi connectivity index (χ4v) is 7.11. The Bertz CT molecular complexity index is 1500. The van der Waals surface area contributed by atoms with Crippen LogP contribution in [-0.2, 0) is 5.41 Å². The van der Waals surface area contributed by atoms with Gasteiger partial charge in [0.05, 0.1) is 0 Å². The van der Waals surface area contributed by atoms with Crippen LogP contribution in [0.2, 0.25) is 0 Å². The van der Waals surface area contributed by atoms with Crippen molar-refractivity contribution in [3.63, 3.8) is 0 Å². The summed E-state index contributed by atoms with van der Waals surface area (Å²) in [6.45, 7) is 0.958. The minimum atomic E-state index is 0.188. The molecule has 0 saturated carbocycles. The predicted octanol–water partition coefficient (Wildman–Crippen LogP) is 9.97. The SMILES string of the molecule is C1=CCC(CNc2ccccc2)C(c2ccc3c(c2)C2(C=CC=CC2)CS3)=C1.c1ccc(-c2ccccc2)cc1. The normalized spacial score (nSPS) is 20.4. The molecular weight excluding hydrogens is 502 g/mol. The second-order valence-electron chi connectivity index (χ2n) is 10.6. The zero-order chi connectivity index (χ0) is 27.0. The van der Waals surface area contributed by atoms with Gasteiger partial charge in [-0.1, -0.05) is 127 Å². The molecule has 0 fully saturated rings. The number of hydrogen-bond acceptors (Lipinski definition) is 2. The first kappa shape index (κ1) is 26.2. The molecule has 1 nitrogen and oxygen atoms in total. The lowest BCUT2D eigenvalue weighted by atomic mass is 9.76. The maximum Gasteiger partial charge on any atom is 0.0340 e. The van der Waals surface area contributed by atoms with Gasteiger partial charge in [0.2, 0.25) is 0 Å². The molecule has 2 unspecified atom stereocenters. The van der Waals surface area contributed by atoms with Crippen molar-refractivity contribution < 1.29 is 0 Å². The van der Waals surface area contributed by atoms with Crippen LogP contribution < -0.4 is 5.32 Å². The van der Waals surface area contributed by atoms with Crippen molar-refractivity contribution in [1.29, 1.82) is 0 Å². The summed E-state index contributed by atoms with van der Waals surface area (Å²) in [5.41, 5.74) is 8.29. The Labute approximate surface area is 243 Å². The summed E-state index contributed by atoms with van der Waals surface area (Å²) in [6, 6.07) is 38.4. The Kier molecular flexibility index (Phi) is 8.16. The second kappa shape index (κ2) is 12.4. The molecule has 0 radical (unpaired) electrons. The number of fused-ring (bicyclic) bond motifs is 2. The van der Waals surface area contributed by atoms with E-state index in [1.807, 2.05) is 23.9 Å². The summed E-state index contributed by atoms with van der Waals surface area (Å²) < 4.78 is 0. The molecule has 198 valence electrons. The van der Waals surface area contributed by atoms with Crippen molar-refractivity contribution in [3.8, 4) is 11.1 Å². The van der Waals surface area contributed by atoms with Gasteiger partial charge < -0.3 is 5.32 Å². The van der Waals surface area contributed by atoms with Gasteiger partial charge in [-0.15, -0.1) is 11.8 Å². The van der Waals surface area contributed by atoms with E-state index in [9.17, 15) is 0 Å². The molecule has 0 aromatic heterocycles. The van der Waals surface area contributed by atoms with Gasteiger partial charge in [0.25, 0.3) is 0 Å². The third-order valence-corrected chi connectivity index (χ3v) is 9.29. The molecule has 2 atom stereocenters. The number of anilines is 1. The van der Waals surface area contributed by atoms with Gasteiger partial charge in [-0.2, -0.15) is 0 Å². The van der Waals surface area contributed by atoms with E-state index in [0.717, 1.165) is 25.1 Å². The lowest BCUT2D eigenvalue weighted by molar-refractivity contribution is 0.613. The van der Waals surface area contributed by atoms with E-state index < -0.39 is 0 Å². The van der Waals surface area contributed by atoms with Crippen LogP contribution in [0.25, 0.3) is 16.7 Å². The van der Waals surface area contributed by atoms with Crippen LogP contribution in [0.4, 0.5) is 5.69 Å². The minimum Gasteiger partial charge on any atom is -0.384 e. The molecule has 7 rings (SSSR count). The topological polar surface area (TPSA) is 12.0 Å². The fourth-order valence-electron chi connectivity index (χ4n) is 5.74. The maximum atomic E-state index is 3.62. The Morgan fingerprint density at radius 2 is 1.40 bits per heavy atom. The van der Waals surface area contributed by atoms with Crippen LogP contribution in [0.5, 0.6) is 0 Å². The Hall–Kier alpha value is -4.01. The van der Waals surface area contributed by atoms with Gasteiger partial charge in [-0.3, -0.25) is 0 Å².